The van der Waals surface area contributed by atoms with E-state index in [4.69, 9.17) is 19.3 Å². The van der Waals surface area contributed by atoms with Crippen molar-refractivity contribution in [1.29, 1.82) is 0 Å². The van der Waals surface area contributed by atoms with Crippen LogP contribution in [0.2, 0.25) is 0 Å². The fourth-order valence-corrected chi connectivity index (χ4v) is 22.5. The van der Waals surface area contributed by atoms with Gasteiger partial charge >= 0.3 is 7.12 Å². The van der Waals surface area contributed by atoms with E-state index in [1.165, 1.54) is 103 Å². The van der Waals surface area contributed by atoms with E-state index in [1.54, 1.807) is 0 Å². The molecule has 2 aromatic heterocycles. The van der Waals surface area contributed by atoms with E-state index in [-0.39, 0.29) is 24.2 Å². The number of pyridine rings is 2. The zero-order valence-corrected chi connectivity index (χ0v) is 61.9. The van der Waals surface area contributed by atoms with Crippen molar-refractivity contribution in [3.8, 4) is 11.1 Å². The fourth-order valence-electron chi connectivity index (χ4n) is 16.6. The monoisotopic (exact) mass is 1450 g/mol. The summed E-state index contributed by atoms with van der Waals surface area (Å²) in [6.45, 7) is 8.52. The van der Waals surface area contributed by atoms with Crippen molar-refractivity contribution in [3.63, 3.8) is 0 Å². The Hall–Kier alpha value is -10.7. The van der Waals surface area contributed by atoms with Gasteiger partial charge in [0.15, 0.2) is 7.14 Å². The van der Waals surface area contributed by atoms with Crippen LogP contribution in [-0.2, 0) is 20.3 Å². The first-order valence-corrected chi connectivity index (χ1v) is 39.9. The van der Waals surface area contributed by atoms with Gasteiger partial charge in [-0.3, -0.25) is 0 Å². The molecule has 15 aromatic carbocycles. The van der Waals surface area contributed by atoms with Crippen molar-refractivity contribution in [2.45, 2.75) is 51.2 Å². The van der Waals surface area contributed by atoms with Gasteiger partial charge < -0.3 is 13.9 Å². The maximum atomic E-state index is 15.6. The third-order valence-corrected chi connectivity index (χ3v) is 28.6. The van der Waals surface area contributed by atoms with Crippen molar-refractivity contribution < 1.29 is 13.9 Å². The van der Waals surface area contributed by atoms with E-state index >= 15 is 4.57 Å². The van der Waals surface area contributed by atoms with Crippen molar-refractivity contribution in [1.82, 2.24) is 9.97 Å². The Balaban J connectivity index is 0.000000118. The Labute approximate surface area is 620 Å². The highest BCUT2D eigenvalue weighted by Crippen LogP contribution is 2.53. The topological polar surface area (TPSA) is 61.3 Å². The van der Waals surface area contributed by atoms with Gasteiger partial charge in [0.1, 0.15) is 0 Å². The lowest BCUT2D eigenvalue weighted by atomic mass is 9.61. The molecule has 0 N–H and O–H groups in total. The first kappa shape index (κ1) is 65.1. The molecule has 1 unspecified atom stereocenters. The minimum absolute atomic E-state index is 0.223. The van der Waals surface area contributed by atoms with Crippen LogP contribution in [0.1, 0.15) is 50.3 Å². The largest absolute Gasteiger partial charge is 0.495 e. The van der Waals surface area contributed by atoms with E-state index in [0.29, 0.717) is 0 Å². The third kappa shape index (κ3) is 11.0. The summed E-state index contributed by atoms with van der Waals surface area (Å²) in [5.41, 5.74) is 13.9. The second kappa shape index (κ2) is 25.9. The molecule has 1 atom stereocenters. The van der Waals surface area contributed by atoms with Crippen LogP contribution in [0.5, 0.6) is 0 Å². The van der Waals surface area contributed by atoms with Gasteiger partial charge in [0.25, 0.3) is 0 Å². The molecular formula is C96H70BBrN2O3P2. The number of rotatable bonds is 8. The van der Waals surface area contributed by atoms with E-state index in [9.17, 15) is 0 Å². The van der Waals surface area contributed by atoms with Crippen molar-refractivity contribution in [2.75, 3.05) is 0 Å². The number of nitrogens with zero attached hydrogens (tertiary/aromatic N) is 2. The van der Waals surface area contributed by atoms with Crippen LogP contribution in [-0.4, -0.2) is 28.3 Å². The second-order valence-electron chi connectivity index (χ2n) is 28.9. The quantitative estimate of drug-likeness (QED) is 0.0657. The smallest absolute Gasteiger partial charge is 0.399 e. The molecule has 0 spiro atoms. The predicted octanol–water partition coefficient (Wildman–Crippen LogP) is 22.6. The molecule has 17 aromatic rings. The molecule has 0 saturated carbocycles. The Morgan fingerprint density at radius 3 is 1.57 bits per heavy atom. The summed E-state index contributed by atoms with van der Waals surface area (Å²) in [6.07, 6.45) is 12.6. The maximum absolute atomic E-state index is 15.6. The molecule has 4 aliphatic rings. The number of allylic oxidation sites excluding steroid dienone is 7. The highest BCUT2D eigenvalue weighted by atomic mass is 79.9. The van der Waals surface area contributed by atoms with Gasteiger partial charge in [-0.1, -0.05) is 307 Å². The van der Waals surface area contributed by atoms with Crippen molar-refractivity contribution in [2.24, 2.45) is 0 Å². The summed E-state index contributed by atoms with van der Waals surface area (Å²) >= 11 is 3.65. The Morgan fingerprint density at radius 2 is 0.952 bits per heavy atom. The maximum Gasteiger partial charge on any atom is 0.495 e. The predicted molar refractivity (Wildman–Crippen MR) is 451 cm³/mol. The number of benzene rings is 15. The molecule has 3 aliphatic carbocycles. The zero-order chi connectivity index (χ0) is 70.7. The molecule has 9 heteroatoms. The van der Waals surface area contributed by atoms with Crippen LogP contribution in [0.4, 0.5) is 0 Å². The SMILES string of the molecule is Brc1cc2cc3ccccc3nc2c2ccccc12.CC1(C)OB(C2=CC=C3C=Cc4c(P(c5ccccc5)c5ccccc5)ccc5c4C3C2=CC5)OC1(C)C.O=P(c1ccccc1)(c1ccccc1)c1ccc2ccc3c(-c4cc5cc6ccccc6nc5c5ccccc45)ccc4ccc1c2c43. The first-order chi connectivity index (χ1) is 51.3. The molecule has 502 valence electrons. The molecule has 0 radical (unpaired) electrons. The molecular weight excluding hydrogens is 1380 g/mol. The fraction of sp³-hybridized carbons (Fsp3) is 0.0833. The van der Waals surface area contributed by atoms with Gasteiger partial charge in [0.2, 0.25) is 0 Å². The lowest BCUT2D eigenvalue weighted by Gasteiger charge is -2.37. The summed E-state index contributed by atoms with van der Waals surface area (Å²) in [5.74, 6) is 0.223. The normalized spacial score (nSPS) is 15.7. The Bertz CT molecular complexity index is 6480. The number of hydrogen-bond donors (Lipinski definition) is 0. The summed E-state index contributed by atoms with van der Waals surface area (Å²) in [6, 6.07) is 107. The van der Waals surface area contributed by atoms with Gasteiger partial charge in [-0.15, -0.1) is 0 Å². The number of halogens is 1. The lowest BCUT2D eigenvalue weighted by Crippen LogP contribution is -2.41. The number of aromatic nitrogens is 2. The summed E-state index contributed by atoms with van der Waals surface area (Å²) in [7, 11) is -4.23. The number of para-hydroxylation sites is 2. The van der Waals surface area contributed by atoms with Crippen LogP contribution in [0.15, 0.2) is 349 Å². The standard InChI is InChI=1S/C45H28NOP.C34H32BO2P.C17H10BrN/c47-48(33-12-3-1-4-13-33,34-14-5-2-6-15-34)42-26-22-30-20-24-37-36(23-19-29-21-25-39(42)44(30)43(29)37)40-28-32-27-31-11-7-10-18-41(31)46-45(32)38-17-9-8-16-35(38)40;1-33(2)34(3,4)37-35(36-33)29-21-17-23-16-20-28-30(22-18-24-15-19-27(29)31(23)32(24)28)38(25-11-7-5-8-12-25)26-13-9-6-10-14-26;18-15-10-12-9-11-5-1-4-8-16(11)19-17(12)14-7-3-2-6-13(14)15/h1-28H;5-14,16-22,31H,15H2,1-4H3;1-10H. The van der Waals surface area contributed by atoms with E-state index in [0.717, 1.165) is 81.2 Å². The third-order valence-electron chi connectivity index (χ3n) is 22.3. The summed E-state index contributed by atoms with van der Waals surface area (Å²) in [4.78, 5) is 9.95. The van der Waals surface area contributed by atoms with Crippen LogP contribution < -0.4 is 31.8 Å². The highest BCUT2D eigenvalue weighted by Gasteiger charge is 2.54. The van der Waals surface area contributed by atoms with Crippen LogP contribution in [0.25, 0.3) is 115 Å². The molecule has 0 amide bonds. The van der Waals surface area contributed by atoms with Gasteiger partial charge in [-0.2, -0.15) is 0 Å². The van der Waals surface area contributed by atoms with Crippen LogP contribution in [0, 0.1) is 0 Å². The molecule has 1 aliphatic heterocycles. The van der Waals surface area contributed by atoms with E-state index in [2.05, 4.69) is 298 Å². The minimum Gasteiger partial charge on any atom is -0.399 e. The van der Waals surface area contributed by atoms with Gasteiger partial charge in [-0.05, 0) is 188 Å². The number of hydrogen-bond acceptors (Lipinski definition) is 5. The van der Waals surface area contributed by atoms with Gasteiger partial charge in [0, 0.05) is 58.6 Å². The summed E-state index contributed by atoms with van der Waals surface area (Å²) < 4.78 is 29.8. The average Bonchev–Trinajstić information content (AvgIpc) is 1.50. The average molecular weight is 1450 g/mol. The summed E-state index contributed by atoms with van der Waals surface area (Å²) in [5, 5.41) is 23.0. The van der Waals surface area contributed by atoms with Crippen LogP contribution in [0.3, 0.4) is 0 Å². The highest BCUT2D eigenvalue weighted by molar-refractivity contribution is 9.10. The van der Waals surface area contributed by atoms with Crippen LogP contribution >= 0.6 is 31.0 Å². The van der Waals surface area contributed by atoms with Gasteiger partial charge in [0.05, 0.1) is 33.3 Å². The molecule has 1 saturated heterocycles. The Morgan fingerprint density at radius 1 is 0.448 bits per heavy atom. The van der Waals surface area contributed by atoms with E-state index < -0.39 is 15.1 Å². The Kier molecular flexibility index (Phi) is 16.0. The molecule has 3 heterocycles. The van der Waals surface area contributed by atoms with E-state index in [1.807, 2.05) is 78.9 Å². The van der Waals surface area contributed by atoms with Crippen molar-refractivity contribution >= 4 is 173 Å². The molecule has 0 bridgehead atoms. The first-order valence-electron chi connectivity index (χ1n) is 36.1. The minimum atomic E-state index is -3.19. The molecule has 105 heavy (non-hydrogen) atoms. The second-order valence-corrected chi connectivity index (χ2v) is 34.6. The zero-order valence-electron chi connectivity index (χ0n) is 58.5. The lowest BCUT2D eigenvalue weighted by molar-refractivity contribution is 0.00578. The van der Waals surface area contributed by atoms with Gasteiger partial charge in [-0.25, -0.2) is 9.97 Å². The molecule has 21 rings (SSSR count). The number of fused-ring (bicyclic) bond motifs is 8. The molecule has 1 fully saturated rings. The molecule has 5 nitrogen and oxygen atoms in total. The van der Waals surface area contributed by atoms with Crippen molar-refractivity contribution in [3.05, 3.63) is 365 Å².